The summed E-state index contributed by atoms with van der Waals surface area (Å²) in [5.41, 5.74) is 1.16. The molecule has 0 amide bonds. The number of rotatable bonds is 11. The predicted molar refractivity (Wildman–Crippen MR) is 114 cm³/mol. The van der Waals surface area contributed by atoms with Crippen LogP contribution in [0.5, 0.6) is 11.5 Å². The molecule has 1 heterocycles. The van der Waals surface area contributed by atoms with Crippen LogP contribution in [0.1, 0.15) is 61.4 Å². The molecule has 2 aromatic rings. The number of carboxylic acid groups (broad SMARTS) is 1. The first-order valence-electron chi connectivity index (χ1n) is 10.1. The molecule has 1 atom stereocenters. The van der Waals surface area contributed by atoms with Crippen LogP contribution in [0, 0.1) is 0 Å². The zero-order valence-corrected chi connectivity index (χ0v) is 17.6. The molecule has 0 saturated carbocycles. The fourth-order valence-corrected chi connectivity index (χ4v) is 2.75. The lowest BCUT2D eigenvalue weighted by Crippen LogP contribution is -2.13. The van der Waals surface area contributed by atoms with E-state index in [9.17, 15) is 19.8 Å². The number of aryl methyl sites for hydroxylation is 1. The number of ether oxygens (including phenoxy) is 1. The number of phenols is 1. The minimum absolute atomic E-state index is 0.0750. The Morgan fingerprint density at radius 3 is 2.53 bits per heavy atom. The van der Waals surface area contributed by atoms with E-state index in [0.717, 1.165) is 24.8 Å². The molecule has 30 heavy (non-hydrogen) atoms. The number of carbonyl (C=O) groups is 2. The van der Waals surface area contributed by atoms with Gasteiger partial charge in [0, 0.05) is 25.2 Å². The zero-order valence-electron chi connectivity index (χ0n) is 17.6. The molecule has 7 heteroatoms. The number of hydrogen-bond acceptors (Lipinski definition) is 6. The van der Waals surface area contributed by atoms with E-state index in [1.54, 1.807) is 24.3 Å². The monoisotopic (exact) mass is 417 g/mol. The van der Waals surface area contributed by atoms with Crippen LogP contribution in [0.2, 0.25) is 0 Å². The van der Waals surface area contributed by atoms with Crippen molar-refractivity contribution in [2.75, 3.05) is 7.11 Å². The largest absolute Gasteiger partial charge is 0.504 e. The number of benzene rings is 1. The van der Waals surface area contributed by atoms with Crippen molar-refractivity contribution in [2.24, 2.45) is 0 Å². The minimum atomic E-state index is -0.942. The lowest BCUT2D eigenvalue weighted by Gasteiger charge is -2.10. The molecule has 0 fully saturated rings. The Labute approximate surface area is 177 Å². The van der Waals surface area contributed by atoms with Gasteiger partial charge in [-0.1, -0.05) is 32.3 Å². The van der Waals surface area contributed by atoms with Crippen molar-refractivity contribution in [1.82, 2.24) is 4.98 Å². The summed E-state index contributed by atoms with van der Waals surface area (Å²) in [4.78, 5) is 25.6. The smallest absolute Gasteiger partial charge is 0.337 e. The summed E-state index contributed by atoms with van der Waals surface area (Å²) < 4.78 is 5.04. The van der Waals surface area contributed by atoms with Gasteiger partial charge in [-0.15, -0.1) is 0 Å². The van der Waals surface area contributed by atoms with Gasteiger partial charge in [0.25, 0.3) is 0 Å². The second-order valence-electron chi connectivity index (χ2n) is 6.95. The maximum absolute atomic E-state index is 11.8. The molecule has 2 rings (SSSR count). The van der Waals surface area contributed by atoms with Gasteiger partial charge in [0.05, 0.1) is 18.8 Å². The van der Waals surface area contributed by atoms with Crippen LogP contribution in [0.4, 0.5) is 0 Å². The molecule has 0 radical (unpaired) electrons. The number of methoxy groups -OCH3 is 1. The van der Waals surface area contributed by atoms with Crippen LogP contribution in [0.25, 0.3) is 0 Å². The molecule has 1 unspecified atom stereocenters. The predicted octanol–water partition coefficient (Wildman–Crippen LogP) is 4.01. The van der Waals surface area contributed by atoms with Gasteiger partial charge < -0.3 is 20.1 Å². The first-order chi connectivity index (χ1) is 14.4. The minimum Gasteiger partial charge on any atom is -0.504 e. The molecule has 7 nitrogen and oxygen atoms in total. The number of hydrogen-bond donors (Lipinski definition) is 3. The SMILES string of the molecule is CCCCCC(O)CC(=O)CCc1ccc(O)c(OC)c1.O=C(O)c1cccnc1. The molecular formula is C23H31NO6. The Bertz CT molecular complexity index is 779. The fourth-order valence-electron chi connectivity index (χ4n) is 2.75. The Morgan fingerprint density at radius 1 is 1.20 bits per heavy atom. The normalized spacial score (nSPS) is 11.2. The molecular weight excluding hydrogens is 386 g/mol. The number of aromatic carboxylic acids is 1. The van der Waals surface area contributed by atoms with E-state index >= 15 is 0 Å². The van der Waals surface area contributed by atoms with Gasteiger partial charge in [-0.05, 0) is 42.7 Å². The number of pyridine rings is 1. The van der Waals surface area contributed by atoms with Crippen LogP contribution in [0.15, 0.2) is 42.7 Å². The van der Waals surface area contributed by atoms with E-state index in [1.807, 2.05) is 0 Å². The maximum Gasteiger partial charge on any atom is 0.337 e. The Balaban J connectivity index is 0.000000414. The van der Waals surface area contributed by atoms with Gasteiger partial charge in [0.15, 0.2) is 11.5 Å². The summed E-state index contributed by atoms with van der Waals surface area (Å²) in [7, 11) is 1.50. The fraction of sp³-hybridized carbons (Fsp3) is 0.435. The average Bonchev–Trinajstić information content (AvgIpc) is 2.74. The number of aliphatic hydroxyl groups excluding tert-OH is 1. The Hall–Kier alpha value is -2.93. The van der Waals surface area contributed by atoms with Crippen molar-refractivity contribution in [3.63, 3.8) is 0 Å². The first kappa shape index (κ1) is 25.1. The van der Waals surface area contributed by atoms with Gasteiger partial charge >= 0.3 is 5.97 Å². The van der Waals surface area contributed by atoms with Crippen molar-refractivity contribution in [2.45, 2.75) is 58.0 Å². The molecule has 0 aliphatic rings. The standard InChI is InChI=1S/C17H26O4.C6H5NO2/c1-3-4-5-6-14(18)12-15(19)9-7-13-8-10-16(20)17(11-13)21-2;8-6(9)5-2-1-3-7-4-5/h8,10-11,14,18,20H,3-7,9,12H2,1-2H3;1-4H,(H,8,9). The third-order valence-electron chi connectivity index (χ3n) is 4.45. The molecule has 0 aliphatic heterocycles. The van der Waals surface area contributed by atoms with Crippen molar-refractivity contribution < 1.29 is 29.6 Å². The summed E-state index contributed by atoms with van der Waals surface area (Å²) in [5.74, 6) is -0.354. The van der Waals surface area contributed by atoms with Gasteiger partial charge in [-0.2, -0.15) is 0 Å². The van der Waals surface area contributed by atoms with E-state index in [1.165, 1.54) is 25.6 Å². The second kappa shape index (κ2) is 14.1. The highest BCUT2D eigenvalue weighted by Gasteiger charge is 2.11. The summed E-state index contributed by atoms with van der Waals surface area (Å²) in [6, 6.07) is 8.17. The number of phenolic OH excluding ortho intramolecular Hbond substituents is 1. The highest BCUT2D eigenvalue weighted by atomic mass is 16.5. The van der Waals surface area contributed by atoms with Gasteiger partial charge in [0.1, 0.15) is 5.78 Å². The zero-order chi connectivity index (χ0) is 22.4. The Morgan fingerprint density at radius 2 is 1.97 bits per heavy atom. The molecule has 3 N–H and O–H groups in total. The molecule has 164 valence electrons. The number of ketones is 1. The molecule has 0 aliphatic carbocycles. The Kier molecular flexibility index (Phi) is 11.8. The summed E-state index contributed by atoms with van der Waals surface area (Å²) in [5, 5.41) is 27.6. The van der Waals surface area contributed by atoms with Crippen molar-refractivity contribution in [1.29, 1.82) is 0 Å². The third-order valence-corrected chi connectivity index (χ3v) is 4.45. The van der Waals surface area contributed by atoms with E-state index in [-0.39, 0.29) is 23.5 Å². The number of unbranched alkanes of at least 4 members (excludes halogenated alkanes) is 2. The van der Waals surface area contributed by atoms with E-state index < -0.39 is 12.1 Å². The highest BCUT2D eigenvalue weighted by molar-refractivity contribution is 5.86. The molecule has 0 spiro atoms. The van der Waals surface area contributed by atoms with Crippen LogP contribution in [0.3, 0.4) is 0 Å². The summed E-state index contributed by atoms with van der Waals surface area (Å²) in [6.07, 6.45) is 7.44. The molecule has 1 aromatic carbocycles. The lowest BCUT2D eigenvalue weighted by atomic mass is 10.0. The number of aliphatic hydroxyl groups is 1. The quantitative estimate of drug-likeness (QED) is 0.473. The molecule has 0 saturated heterocycles. The summed E-state index contributed by atoms with van der Waals surface area (Å²) in [6.45, 7) is 2.11. The van der Waals surface area contributed by atoms with Crippen LogP contribution in [-0.2, 0) is 11.2 Å². The van der Waals surface area contributed by atoms with Crippen LogP contribution >= 0.6 is 0 Å². The van der Waals surface area contributed by atoms with E-state index in [0.29, 0.717) is 25.0 Å². The number of carboxylic acids is 1. The topological polar surface area (TPSA) is 117 Å². The van der Waals surface area contributed by atoms with E-state index in [2.05, 4.69) is 11.9 Å². The molecule has 0 bridgehead atoms. The van der Waals surface area contributed by atoms with Crippen molar-refractivity contribution >= 4 is 11.8 Å². The van der Waals surface area contributed by atoms with E-state index in [4.69, 9.17) is 9.84 Å². The number of aromatic hydroxyl groups is 1. The van der Waals surface area contributed by atoms with Gasteiger partial charge in [-0.3, -0.25) is 9.78 Å². The number of nitrogens with zero attached hydrogens (tertiary/aromatic N) is 1. The number of carbonyl (C=O) groups excluding carboxylic acids is 1. The van der Waals surface area contributed by atoms with Crippen molar-refractivity contribution in [3.8, 4) is 11.5 Å². The van der Waals surface area contributed by atoms with Crippen molar-refractivity contribution in [3.05, 3.63) is 53.9 Å². The third kappa shape index (κ3) is 10.0. The lowest BCUT2D eigenvalue weighted by molar-refractivity contribution is -0.121. The molecule has 1 aromatic heterocycles. The summed E-state index contributed by atoms with van der Waals surface area (Å²) >= 11 is 0. The number of aromatic nitrogens is 1. The number of Topliss-reactive ketones (excluding diaryl/α,β-unsaturated/α-hetero) is 1. The second-order valence-corrected chi connectivity index (χ2v) is 6.95. The van der Waals surface area contributed by atoms with Crippen LogP contribution in [-0.4, -0.2) is 45.3 Å². The van der Waals surface area contributed by atoms with Gasteiger partial charge in [0.2, 0.25) is 0 Å². The maximum atomic E-state index is 11.8. The first-order valence-corrected chi connectivity index (χ1v) is 10.1. The van der Waals surface area contributed by atoms with Gasteiger partial charge in [-0.25, -0.2) is 4.79 Å². The average molecular weight is 418 g/mol. The highest BCUT2D eigenvalue weighted by Crippen LogP contribution is 2.26. The van der Waals surface area contributed by atoms with Crippen LogP contribution < -0.4 is 4.74 Å².